The van der Waals surface area contributed by atoms with E-state index in [1.165, 1.54) is 12.1 Å². The third-order valence-corrected chi connectivity index (χ3v) is 5.11. The van der Waals surface area contributed by atoms with Gasteiger partial charge in [0.05, 0.1) is 31.0 Å². The van der Waals surface area contributed by atoms with Gasteiger partial charge in [-0.3, -0.25) is 0 Å². The van der Waals surface area contributed by atoms with Crippen molar-refractivity contribution in [3.05, 3.63) is 59.4 Å². The molecule has 1 aliphatic heterocycles. The van der Waals surface area contributed by atoms with Gasteiger partial charge in [-0.25, -0.2) is 9.38 Å². The zero-order chi connectivity index (χ0) is 21.3. The molecule has 2 aromatic rings. The first kappa shape index (κ1) is 24.7. The number of nitriles is 1. The van der Waals surface area contributed by atoms with E-state index < -0.39 is 0 Å². The van der Waals surface area contributed by atoms with Crippen molar-refractivity contribution >= 4 is 35.6 Å². The van der Waals surface area contributed by atoms with Crippen LogP contribution in [0.4, 0.5) is 10.1 Å². The number of nitrogens with one attached hydrogen (secondary N) is 2. The van der Waals surface area contributed by atoms with Crippen molar-refractivity contribution in [2.45, 2.75) is 32.4 Å². The fourth-order valence-electron chi connectivity index (χ4n) is 3.65. The summed E-state index contributed by atoms with van der Waals surface area (Å²) in [5, 5.41) is 15.8. The maximum Gasteiger partial charge on any atom is 0.191 e. The number of anilines is 1. The predicted octanol–water partition coefficient (Wildman–Crippen LogP) is 4.05. The monoisotopic (exact) mass is 537 g/mol. The molecule has 1 aliphatic rings. The molecule has 166 valence electrons. The highest BCUT2D eigenvalue weighted by Gasteiger charge is 2.22. The molecular weight excluding hydrogens is 508 g/mol. The van der Waals surface area contributed by atoms with Gasteiger partial charge in [0.1, 0.15) is 11.6 Å². The number of para-hydroxylation sites is 2. The summed E-state index contributed by atoms with van der Waals surface area (Å²) in [4.78, 5) is 6.87. The number of piperidine rings is 1. The zero-order valence-electron chi connectivity index (χ0n) is 17.9. The number of ether oxygens (including phenoxy) is 1. The average molecular weight is 537 g/mol. The maximum absolute atomic E-state index is 14.1. The first-order chi connectivity index (χ1) is 14.6. The van der Waals surface area contributed by atoms with Crippen LogP contribution in [-0.4, -0.2) is 38.7 Å². The van der Waals surface area contributed by atoms with E-state index in [-0.39, 0.29) is 42.4 Å². The lowest BCUT2D eigenvalue weighted by atomic mass is 10.0. The minimum absolute atomic E-state index is 0. The SMILES string of the molecule is CCNC(=NCc1cc(C#N)ccc1F)NC1CCCN(c2ccccc2OC)C1.I. The Labute approximate surface area is 200 Å². The highest BCUT2D eigenvalue weighted by molar-refractivity contribution is 14.0. The summed E-state index contributed by atoms with van der Waals surface area (Å²) in [6.45, 7) is 4.66. The Balaban J connectivity index is 0.00000341. The summed E-state index contributed by atoms with van der Waals surface area (Å²) in [5.41, 5.74) is 1.92. The van der Waals surface area contributed by atoms with E-state index in [4.69, 9.17) is 10.00 Å². The van der Waals surface area contributed by atoms with Gasteiger partial charge in [-0.1, -0.05) is 12.1 Å². The molecule has 1 atom stereocenters. The molecule has 8 heteroatoms. The van der Waals surface area contributed by atoms with Crippen molar-refractivity contribution in [2.75, 3.05) is 31.6 Å². The van der Waals surface area contributed by atoms with Crippen LogP contribution in [0.3, 0.4) is 0 Å². The normalized spacial score (nSPS) is 16.1. The number of halogens is 2. The minimum Gasteiger partial charge on any atom is -0.495 e. The first-order valence-corrected chi connectivity index (χ1v) is 10.3. The molecular formula is C23H29FIN5O. The molecule has 0 radical (unpaired) electrons. The van der Waals surface area contributed by atoms with E-state index in [2.05, 4.69) is 26.6 Å². The van der Waals surface area contributed by atoms with Crippen molar-refractivity contribution in [1.82, 2.24) is 10.6 Å². The Morgan fingerprint density at radius 3 is 2.87 bits per heavy atom. The van der Waals surface area contributed by atoms with Crippen LogP contribution >= 0.6 is 24.0 Å². The van der Waals surface area contributed by atoms with E-state index in [9.17, 15) is 4.39 Å². The molecule has 1 saturated heterocycles. The Bertz CT molecular complexity index is 930. The van der Waals surface area contributed by atoms with Crippen LogP contribution < -0.4 is 20.3 Å². The summed E-state index contributed by atoms with van der Waals surface area (Å²) in [6.07, 6.45) is 2.07. The fraction of sp³-hybridized carbons (Fsp3) is 0.391. The minimum atomic E-state index is -0.353. The molecule has 6 nitrogen and oxygen atoms in total. The van der Waals surface area contributed by atoms with Crippen LogP contribution in [0.25, 0.3) is 0 Å². The third kappa shape index (κ3) is 6.72. The maximum atomic E-state index is 14.1. The average Bonchev–Trinajstić information content (AvgIpc) is 2.78. The molecule has 2 N–H and O–H groups in total. The number of aliphatic imine (C=N–C) groups is 1. The summed E-state index contributed by atoms with van der Waals surface area (Å²) in [7, 11) is 1.69. The lowest BCUT2D eigenvalue weighted by Crippen LogP contribution is -2.51. The van der Waals surface area contributed by atoms with Gasteiger partial charge in [-0.05, 0) is 50.1 Å². The first-order valence-electron chi connectivity index (χ1n) is 10.3. The number of nitrogens with zero attached hydrogens (tertiary/aromatic N) is 3. The van der Waals surface area contributed by atoms with Crippen LogP contribution in [-0.2, 0) is 6.54 Å². The number of hydrogen-bond donors (Lipinski definition) is 2. The lowest BCUT2D eigenvalue weighted by molar-refractivity contribution is 0.408. The van der Waals surface area contributed by atoms with Crippen LogP contribution in [0.2, 0.25) is 0 Å². The fourth-order valence-corrected chi connectivity index (χ4v) is 3.65. The molecule has 2 aromatic carbocycles. The number of benzene rings is 2. The van der Waals surface area contributed by atoms with Crippen LogP contribution in [0.1, 0.15) is 30.9 Å². The summed E-state index contributed by atoms with van der Waals surface area (Å²) < 4.78 is 19.6. The van der Waals surface area contributed by atoms with Crippen molar-refractivity contribution in [3.8, 4) is 11.8 Å². The molecule has 0 bridgehead atoms. The summed E-state index contributed by atoms with van der Waals surface area (Å²) in [6, 6.07) is 14.6. The Morgan fingerprint density at radius 2 is 2.13 bits per heavy atom. The van der Waals surface area contributed by atoms with Crippen molar-refractivity contribution in [1.29, 1.82) is 5.26 Å². The van der Waals surface area contributed by atoms with Gasteiger partial charge in [-0.15, -0.1) is 24.0 Å². The quantitative estimate of drug-likeness (QED) is 0.331. The Hall–Kier alpha value is -2.54. The third-order valence-electron chi connectivity index (χ3n) is 5.11. The van der Waals surface area contributed by atoms with Gasteiger partial charge >= 0.3 is 0 Å². The Kier molecular flexibility index (Phi) is 9.85. The highest BCUT2D eigenvalue weighted by atomic mass is 127. The van der Waals surface area contributed by atoms with Gasteiger partial charge in [0.15, 0.2) is 5.96 Å². The van der Waals surface area contributed by atoms with Crippen molar-refractivity contribution in [2.24, 2.45) is 4.99 Å². The van der Waals surface area contributed by atoms with Gasteiger partial charge in [-0.2, -0.15) is 5.26 Å². The van der Waals surface area contributed by atoms with E-state index in [0.717, 1.165) is 37.4 Å². The Morgan fingerprint density at radius 1 is 1.32 bits per heavy atom. The van der Waals surface area contributed by atoms with E-state index in [1.54, 1.807) is 13.2 Å². The summed E-state index contributed by atoms with van der Waals surface area (Å²) in [5.74, 6) is 1.16. The zero-order valence-corrected chi connectivity index (χ0v) is 20.2. The van der Waals surface area contributed by atoms with E-state index in [0.29, 0.717) is 23.6 Å². The molecule has 1 fully saturated rings. The molecule has 31 heavy (non-hydrogen) atoms. The number of hydrogen-bond acceptors (Lipinski definition) is 4. The van der Waals surface area contributed by atoms with E-state index in [1.807, 2.05) is 31.2 Å². The largest absolute Gasteiger partial charge is 0.495 e. The molecule has 0 saturated carbocycles. The van der Waals surface area contributed by atoms with Gasteiger partial charge in [0.2, 0.25) is 0 Å². The second kappa shape index (κ2) is 12.3. The van der Waals surface area contributed by atoms with E-state index >= 15 is 0 Å². The molecule has 0 aliphatic carbocycles. The molecule has 0 amide bonds. The molecule has 1 unspecified atom stereocenters. The van der Waals surface area contributed by atoms with Gasteiger partial charge in [0, 0.05) is 31.2 Å². The lowest BCUT2D eigenvalue weighted by Gasteiger charge is -2.36. The highest BCUT2D eigenvalue weighted by Crippen LogP contribution is 2.29. The van der Waals surface area contributed by atoms with Crippen LogP contribution in [0, 0.1) is 17.1 Å². The molecule has 1 heterocycles. The molecule has 0 aromatic heterocycles. The van der Waals surface area contributed by atoms with Gasteiger partial charge in [0.25, 0.3) is 0 Å². The van der Waals surface area contributed by atoms with Crippen molar-refractivity contribution < 1.29 is 9.13 Å². The smallest absolute Gasteiger partial charge is 0.191 e. The van der Waals surface area contributed by atoms with Crippen LogP contribution in [0.5, 0.6) is 5.75 Å². The summed E-state index contributed by atoms with van der Waals surface area (Å²) >= 11 is 0. The second-order valence-corrected chi connectivity index (χ2v) is 7.21. The standard InChI is InChI=1S/C23H28FN5O.HI/c1-3-26-23(27-15-18-13-17(14-25)10-11-20(18)24)28-19-7-6-12-29(16-19)21-8-4-5-9-22(21)30-2;/h4-5,8-11,13,19H,3,6-7,12,15-16H2,1-2H3,(H2,26,27,28);1H. The number of methoxy groups -OCH3 is 1. The molecule has 0 spiro atoms. The van der Waals surface area contributed by atoms with Gasteiger partial charge < -0.3 is 20.3 Å². The number of rotatable bonds is 6. The second-order valence-electron chi connectivity index (χ2n) is 7.21. The van der Waals surface area contributed by atoms with Crippen LogP contribution in [0.15, 0.2) is 47.5 Å². The van der Waals surface area contributed by atoms with Crippen molar-refractivity contribution in [3.63, 3.8) is 0 Å². The predicted molar refractivity (Wildman–Crippen MR) is 133 cm³/mol. The number of guanidine groups is 1. The molecule has 3 rings (SSSR count). The topological polar surface area (TPSA) is 72.7 Å².